The Labute approximate surface area is 179 Å². The van der Waals surface area contributed by atoms with Crippen molar-refractivity contribution in [3.8, 4) is 0 Å². The minimum atomic E-state index is -3.59. The number of benzene rings is 2. The molecule has 3 aromatic rings. The molecular weight excluding hydrogens is 394 g/mol. The number of aryl methyl sites for hydroxylation is 3. The molecule has 1 atom stereocenters. The van der Waals surface area contributed by atoms with Crippen molar-refractivity contribution in [3.05, 3.63) is 88.7 Å². The molecule has 1 aliphatic rings. The predicted octanol–water partition coefficient (Wildman–Crippen LogP) is 3.72. The summed E-state index contributed by atoms with van der Waals surface area (Å²) >= 11 is 0. The molecule has 0 radical (unpaired) electrons. The highest BCUT2D eigenvalue weighted by atomic mass is 32.2. The molecule has 0 fully saturated rings. The van der Waals surface area contributed by atoms with E-state index in [0.29, 0.717) is 11.4 Å². The zero-order valence-corrected chi connectivity index (χ0v) is 18.6. The van der Waals surface area contributed by atoms with Crippen LogP contribution in [0.15, 0.2) is 65.7 Å². The van der Waals surface area contributed by atoms with Gasteiger partial charge in [-0.25, -0.2) is 13.1 Å². The SMILES string of the molecule is Cc1ccc(S(=O)(=O)NCC(c2cccn2C)N2CCc3ccccc3C2)c(C)c1. The summed E-state index contributed by atoms with van der Waals surface area (Å²) in [6.45, 7) is 5.86. The Morgan fingerprint density at radius 2 is 1.80 bits per heavy atom. The van der Waals surface area contributed by atoms with Crippen LogP contribution in [0.1, 0.15) is 34.0 Å². The number of nitrogens with zero attached hydrogens (tertiary/aromatic N) is 2. The minimum absolute atomic E-state index is 0.0427. The van der Waals surface area contributed by atoms with Crippen LogP contribution < -0.4 is 4.72 Å². The first-order chi connectivity index (χ1) is 14.3. The van der Waals surface area contributed by atoms with Crippen LogP contribution in [0.5, 0.6) is 0 Å². The van der Waals surface area contributed by atoms with E-state index in [4.69, 9.17) is 0 Å². The monoisotopic (exact) mass is 423 g/mol. The Bertz CT molecular complexity index is 1150. The summed E-state index contributed by atoms with van der Waals surface area (Å²) in [5, 5.41) is 0. The van der Waals surface area contributed by atoms with E-state index < -0.39 is 10.0 Å². The summed E-state index contributed by atoms with van der Waals surface area (Å²) in [4.78, 5) is 2.73. The molecule has 1 aromatic heterocycles. The molecular formula is C24H29N3O2S. The highest BCUT2D eigenvalue weighted by molar-refractivity contribution is 7.89. The van der Waals surface area contributed by atoms with E-state index >= 15 is 0 Å². The van der Waals surface area contributed by atoms with Crippen LogP contribution in [0, 0.1) is 13.8 Å². The Kier molecular flexibility index (Phi) is 5.82. The van der Waals surface area contributed by atoms with Crippen LogP contribution in [0.25, 0.3) is 0 Å². The molecule has 1 aliphatic heterocycles. The maximum atomic E-state index is 13.1. The van der Waals surface area contributed by atoms with E-state index in [1.807, 2.05) is 45.3 Å². The van der Waals surface area contributed by atoms with E-state index in [0.717, 1.165) is 36.3 Å². The molecule has 2 aromatic carbocycles. The Morgan fingerprint density at radius 3 is 2.50 bits per heavy atom. The topological polar surface area (TPSA) is 54.3 Å². The third-order valence-corrected chi connectivity index (χ3v) is 7.60. The molecule has 0 spiro atoms. The van der Waals surface area contributed by atoms with Crippen molar-refractivity contribution in [1.82, 2.24) is 14.2 Å². The summed E-state index contributed by atoms with van der Waals surface area (Å²) in [7, 11) is -1.58. The zero-order chi connectivity index (χ0) is 21.3. The Balaban J connectivity index is 1.59. The number of sulfonamides is 1. The van der Waals surface area contributed by atoms with E-state index in [1.54, 1.807) is 6.07 Å². The summed E-state index contributed by atoms with van der Waals surface area (Å²) in [6.07, 6.45) is 2.99. The van der Waals surface area contributed by atoms with Gasteiger partial charge in [0, 0.05) is 38.6 Å². The number of aromatic nitrogens is 1. The molecule has 5 nitrogen and oxygen atoms in total. The maximum Gasteiger partial charge on any atom is 0.240 e. The third-order valence-electron chi connectivity index (χ3n) is 6.01. The van der Waals surface area contributed by atoms with E-state index in [-0.39, 0.29) is 6.04 Å². The molecule has 30 heavy (non-hydrogen) atoms. The van der Waals surface area contributed by atoms with Crippen molar-refractivity contribution in [2.75, 3.05) is 13.1 Å². The summed E-state index contributed by atoms with van der Waals surface area (Å²) < 4.78 is 31.1. The molecule has 0 saturated heterocycles. The lowest BCUT2D eigenvalue weighted by Gasteiger charge is -2.36. The molecule has 1 N–H and O–H groups in total. The van der Waals surface area contributed by atoms with Crippen molar-refractivity contribution in [2.24, 2.45) is 7.05 Å². The van der Waals surface area contributed by atoms with E-state index in [2.05, 4.69) is 44.5 Å². The van der Waals surface area contributed by atoms with Gasteiger partial charge in [-0.2, -0.15) is 0 Å². The second-order valence-corrected chi connectivity index (χ2v) is 9.91. The zero-order valence-electron chi connectivity index (χ0n) is 17.8. The first kappa shape index (κ1) is 20.8. The minimum Gasteiger partial charge on any atom is -0.353 e. The van der Waals surface area contributed by atoms with Crippen molar-refractivity contribution in [3.63, 3.8) is 0 Å². The van der Waals surface area contributed by atoms with Gasteiger partial charge >= 0.3 is 0 Å². The van der Waals surface area contributed by atoms with Crippen molar-refractivity contribution >= 4 is 10.0 Å². The molecule has 4 rings (SSSR count). The fraction of sp³-hybridized carbons (Fsp3) is 0.333. The lowest BCUT2D eigenvalue weighted by Crippen LogP contribution is -2.41. The van der Waals surface area contributed by atoms with Crippen LogP contribution in [0.3, 0.4) is 0 Å². The summed E-state index contributed by atoms with van der Waals surface area (Å²) in [6, 6.07) is 18.0. The summed E-state index contributed by atoms with van der Waals surface area (Å²) in [5.41, 5.74) is 5.64. The fourth-order valence-electron chi connectivity index (χ4n) is 4.39. The third kappa shape index (κ3) is 4.21. The van der Waals surface area contributed by atoms with Gasteiger partial charge in [0.05, 0.1) is 10.9 Å². The molecule has 158 valence electrons. The summed E-state index contributed by atoms with van der Waals surface area (Å²) in [5.74, 6) is 0. The second kappa shape index (κ2) is 8.38. The smallest absolute Gasteiger partial charge is 0.240 e. The molecule has 0 aliphatic carbocycles. The van der Waals surface area contributed by atoms with Gasteiger partial charge in [-0.3, -0.25) is 4.90 Å². The van der Waals surface area contributed by atoms with E-state index in [1.165, 1.54) is 11.1 Å². The number of nitrogens with one attached hydrogen (secondary N) is 1. The Morgan fingerprint density at radius 1 is 1.03 bits per heavy atom. The largest absolute Gasteiger partial charge is 0.353 e. The van der Waals surface area contributed by atoms with Crippen LogP contribution in [0.4, 0.5) is 0 Å². The number of hydrogen-bond donors (Lipinski definition) is 1. The molecule has 0 amide bonds. The highest BCUT2D eigenvalue weighted by Crippen LogP contribution is 2.28. The van der Waals surface area contributed by atoms with E-state index in [9.17, 15) is 8.42 Å². The highest BCUT2D eigenvalue weighted by Gasteiger charge is 2.28. The second-order valence-electron chi connectivity index (χ2n) is 8.17. The molecule has 1 unspecified atom stereocenters. The van der Waals surface area contributed by atoms with Crippen LogP contribution in [-0.4, -0.2) is 31.0 Å². The Hall–Kier alpha value is -2.41. The standard InChI is InChI=1S/C24H29N3O2S/c1-18-10-11-24(19(2)15-18)30(28,29)25-16-23(22-9-6-13-26(22)3)27-14-12-20-7-4-5-8-21(20)17-27/h4-11,13,15,23,25H,12,14,16-17H2,1-3H3. The van der Waals surface area contributed by atoms with Crippen LogP contribution in [-0.2, 0) is 30.0 Å². The fourth-order valence-corrected chi connectivity index (χ4v) is 5.65. The molecule has 0 bridgehead atoms. The molecule has 0 saturated carbocycles. The number of fused-ring (bicyclic) bond motifs is 1. The van der Waals surface area contributed by atoms with Gasteiger partial charge in [0.1, 0.15) is 0 Å². The van der Waals surface area contributed by atoms with Gasteiger partial charge in [-0.15, -0.1) is 0 Å². The molecule has 6 heteroatoms. The van der Waals surface area contributed by atoms with Gasteiger partial charge in [0.25, 0.3) is 0 Å². The molecule has 2 heterocycles. The predicted molar refractivity (Wildman–Crippen MR) is 120 cm³/mol. The first-order valence-electron chi connectivity index (χ1n) is 10.3. The lowest BCUT2D eigenvalue weighted by molar-refractivity contribution is 0.174. The normalized spacial score (nSPS) is 15.7. The van der Waals surface area contributed by atoms with Crippen molar-refractivity contribution in [1.29, 1.82) is 0 Å². The van der Waals surface area contributed by atoms with Gasteiger partial charge in [0.2, 0.25) is 10.0 Å². The van der Waals surface area contributed by atoms with Gasteiger partial charge < -0.3 is 4.57 Å². The maximum absolute atomic E-state index is 13.1. The average Bonchev–Trinajstić information content (AvgIpc) is 3.13. The van der Waals surface area contributed by atoms with Crippen LogP contribution >= 0.6 is 0 Å². The number of hydrogen-bond acceptors (Lipinski definition) is 3. The van der Waals surface area contributed by atoms with Gasteiger partial charge in [-0.05, 0) is 55.2 Å². The van der Waals surface area contributed by atoms with Crippen molar-refractivity contribution in [2.45, 2.75) is 37.8 Å². The lowest BCUT2D eigenvalue weighted by atomic mass is 9.98. The van der Waals surface area contributed by atoms with Crippen LogP contribution in [0.2, 0.25) is 0 Å². The number of rotatable bonds is 6. The quantitative estimate of drug-likeness (QED) is 0.657. The van der Waals surface area contributed by atoms with Gasteiger partial charge in [-0.1, -0.05) is 42.0 Å². The first-order valence-corrected chi connectivity index (χ1v) is 11.8. The average molecular weight is 424 g/mol. The van der Waals surface area contributed by atoms with Crippen molar-refractivity contribution < 1.29 is 8.42 Å². The van der Waals surface area contributed by atoms with Gasteiger partial charge in [0.15, 0.2) is 0 Å².